The average molecular weight is 424 g/mol. The van der Waals surface area contributed by atoms with Gasteiger partial charge >= 0.3 is 6.18 Å². The first-order valence-electron chi connectivity index (χ1n) is 9.10. The van der Waals surface area contributed by atoms with Crippen LogP contribution in [0.4, 0.5) is 18.9 Å². The SMILES string of the molecule is COCCOc1ccc(C(F)(F)F)cc1NC(=O)CNC(=O)c1ccc(C)c(C)c1. The minimum atomic E-state index is -4.58. The first-order chi connectivity index (χ1) is 14.1. The molecule has 2 rings (SSSR count). The molecule has 6 nitrogen and oxygen atoms in total. The van der Waals surface area contributed by atoms with E-state index in [2.05, 4.69) is 10.6 Å². The van der Waals surface area contributed by atoms with Crippen LogP contribution in [0.2, 0.25) is 0 Å². The zero-order valence-electron chi connectivity index (χ0n) is 16.9. The molecule has 0 atom stereocenters. The van der Waals surface area contributed by atoms with E-state index in [9.17, 15) is 22.8 Å². The molecule has 0 unspecified atom stereocenters. The summed E-state index contributed by atoms with van der Waals surface area (Å²) in [7, 11) is 1.46. The highest BCUT2D eigenvalue weighted by Gasteiger charge is 2.31. The molecule has 0 radical (unpaired) electrons. The first-order valence-corrected chi connectivity index (χ1v) is 9.10. The second-order valence-corrected chi connectivity index (χ2v) is 6.58. The van der Waals surface area contributed by atoms with E-state index in [1.807, 2.05) is 13.8 Å². The van der Waals surface area contributed by atoms with Crippen LogP contribution >= 0.6 is 0 Å². The summed E-state index contributed by atoms with van der Waals surface area (Å²) in [6.45, 7) is 3.66. The molecule has 0 bridgehead atoms. The Kier molecular flexibility index (Phi) is 7.82. The molecule has 2 N–H and O–H groups in total. The van der Waals surface area contributed by atoms with Crippen LogP contribution in [0.15, 0.2) is 36.4 Å². The van der Waals surface area contributed by atoms with Crippen molar-refractivity contribution in [3.63, 3.8) is 0 Å². The molecule has 9 heteroatoms. The second kappa shape index (κ2) is 10.1. The summed E-state index contributed by atoms with van der Waals surface area (Å²) in [5.41, 5.74) is 1.25. The van der Waals surface area contributed by atoms with Gasteiger partial charge in [0.15, 0.2) is 0 Å². The van der Waals surface area contributed by atoms with Crippen molar-refractivity contribution in [2.75, 3.05) is 32.2 Å². The van der Waals surface area contributed by atoms with Gasteiger partial charge in [-0.15, -0.1) is 0 Å². The zero-order chi connectivity index (χ0) is 22.3. The second-order valence-electron chi connectivity index (χ2n) is 6.58. The number of nitrogens with one attached hydrogen (secondary N) is 2. The molecule has 0 aliphatic carbocycles. The Labute approximate surface area is 172 Å². The van der Waals surface area contributed by atoms with Crippen molar-refractivity contribution in [2.45, 2.75) is 20.0 Å². The van der Waals surface area contributed by atoms with Gasteiger partial charge in [0.25, 0.3) is 5.91 Å². The maximum atomic E-state index is 13.0. The lowest BCUT2D eigenvalue weighted by Crippen LogP contribution is -2.33. The highest BCUT2D eigenvalue weighted by Crippen LogP contribution is 2.35. The van der Waals surface area contributed by atoms with Gasteiger partial charge in [-0.1, -0.05) is 6.07 Å². The number of benzene rings is 2. The van der Waals surface area contributed by atoms with E-state index in [0.717, 1.165) is 29.3 Å². The lowest BCUT2D eigenvalue weighted by molar-refractivity contribution is -0.137. The summed E-state index contributed by atoms with van der Waals surface area (Å²) >= 11 is 0. The van der Waals surface area contributed by atoms with Crippen LogP contribution in [0.5, 0.6) is 5.75 Å². The fourth-order valence-corrected chi connectivity index (χ4v) is 2.50. The fourth-order valence-electron chi connectivity index (χ4n) is 2.50. The van der Waals surface area contributed by atoms with Crippen molar-refractivity contribution in [3.05, 3.63) is 58.7 Å². The smallest absolute Gasteiger partial charge is 0.416 e. The summed E-state index contributed by atoms with van der Waals surface area (Å²) in [4.78, 5) is 24.4. The van der Waals surface area contributed by atoms with Crippen LogP contribution in [0, 0.1) is 13.8 Å². The minimum Gasteiger partial charge on any atom is -0.489 e. The summed E-state index contributed by atoms with van der Waals surface area (Å²) in [5, 5.41) is 4.81. The van der Waals surface area contributed by atoms with Gasteiger partial charge in [-0.05, 0) is 55.3 Å². The van der Waals surface area contributed by atoms with Crippen LogP contribution in [0.25, 0.3) is 0 Å². The van der Waals surface area contributed by atoms with Crippen LogP contribution in [-0.4, -0.2) is 38.7 Å². The number of aryl methyl sites for hydroxylation is 2. The Hall–Kier alpha value is -3.07. The number of hydrogen-bond donors (Lipinski definition) is 2. The summed E-state index contributed by atoms with van der Waals surface area (Å²) < 4.78 is 49.3. The van der Waals surface area contributed by atoms with Gasteiger partial charge in [0.2, 0.25) is 5.91 Å². The number of hydrogen-bond acceptors (Lipinski definition) is 4. The first kappa shape index (κ1) is 23.2. The molecule has 2 aromatic carbocycles. The van der Waals surface area contributed by atoms with E-state index >= 15 is 0 Å². The van der Waals surface area contributed by atoms with Gasteiger partial charge < -0.3 is 20.1 Å². The van der Waals surface area contributed by atoms with E-state index in [1.54, 1.807) is 18.2 Å². The maximum absolute atomic E-state index is 13.0. The number of methoxy groups -OCH3 is 1. The largest absolute Gasteiger partial charge is 0.489 e. The number of carbonyl (C=O) groups is 2. The predicted molar refractivity (Wildman–Crippen MR) is 106 cm³/mol. The minimum absolute atomic E-state index is 0.0638. The van der Waals surface area contributed by atoms with Crippen molar-refractivity contribution in [3.8, 4) is 5.75 Å². The third kappa shape index (κ3) is 6.48. The van der Waals surface area contributed by atoms with E-state index in [-0.39, 0.29) is 24.7 Å². The summed E-state index contributed by atoms with van der Waals surface area (Å²) in [5.74, 6) is -1.09. The van der Waals surface area contributed by atoms with Crippen molar-refractivity contribution in [2.24, 2.45) is 0 Å². The number of rotatable bonds is 8. The van der Waals surface area contributed by atoms with Gasteiger partial charge in [0.1, 0.15) is 12.4 Å². The molecule has 0 heterocycles. The van der Waals surface area contributed by atoms with Crippen LogP contribution in [-0.2, 0) is 15.7 Å². The lowest BCUT2D eigenvalue weighted by atomic mass is 10.1. The Morgan fingerprint density at radius 2 is 1.73 bits per heavy atom. The maximum Gasteiger partial charge on any atom is 0.416 e. The normalized spacial score (nSPS) is 11.1. The van der Waals surface area contributed by atoms with E-state index in [1.165, 1.54) is 7.11 Å². The quantitative estimate of drug-likeness (QED) is 0.634. The Balaban J connectivity index is 2.07. The molecule has 2 aromatic rings. The van der Waals surface area contributed by atoms with E-state index in [4.69, 9.17) is 9.47 Å². The molecule has 0 fully saturated rings. The Morgan fingerprint density at radius 1 is 1.00 bits per heavy atom. The monoisotopic (exact) mass is 424 g/mol. The molecular formula is C21H23F3N2O4. The van der Waals surface area contributed by atoms with E-state index < -0.39 is 30.1 Å². The van der Waals surface area contributed by atoms with E-state index in [0.29, 0.717) is 5.56 Å². The van der Waals surface area contributed by atoms with Crippen molar-refractivity contribution in [1.82, 2.24) is 5.32 Å². The molecule has 0 aliphatic rings. The standard InChI is InChI=1S/C21H23F3N2O4/c1-13-4-5-15(10-14(13)2)20(28)25-12-19(27)26-17-11-16(21(22,23)24)6-7-18(17)30-9-8-29-3/h4-7,10-11H,8-9,12H2,1-3H3,(H,25,28)(H,26,27). The molecule has 0 spiro atoms. The number of alkyl halides is 3. The molecule has 0 saturated carbocycles. The van der Waals surface area contributed by atoms with Crippen LogP contribution in [0.1, 0.15) is 27.0 Å². The van der Waals surface area contributed by atoms with Crippen molar-refractivity contribution < 1.29 is 32.2 Å². The topological polar surface area (TPSA) is 76.7 Å². The molecule has 0 aliphatic heterocycles. The van der Waals surface area contributed by atoms with Gasteiger partial charge in [-0.25, -0.2) is 0 Å². The average Bonchev–Trinajstić information content (AvgIpc) is 2.68. The van der Waals surface area contributed by atoms with Gasteiger partial charge in [-0.3, -0.25) is 9.59 Å². The molecule has 0 aromatic heterocycles. The third-order valence-electron chi connectivity index (χ3n) is 4.30. The highest BCUT2D eigenvalue weighted by atomic mass is 19.4. The molecule has 2 amide bonds. The number of carbonyl (C=O) groups excluding carboxylic acids is 2. The Morgan fingerprint density at radius 3 is 2.37 bits per heavy atom. The number of halogens is 3. The number of anilines is 1. The highest BCUT2D eigenvalue weighted by molar-refractivity contribution is 6.00. The third-order valence-corrected chi connectivity index (χ3v) is 4.30. The van der Waals surface area contributed by atoms with Gasteiger partial charge in [-0.2, -0.15) is 13.2 Å². The van der Waals surface area contributed by atoms with Crippen LogP contribution in [0.3, 0.4) is 0 Å². The van der Waals surface area contributed by atoms with Gasteiger partial charge in [0, 0.05) is 12.7 Å². The zero-order valence-corrected chi connectivity index (χ0v) is 16.9. The molecular weight excluding hydrogens is 401 g/mol. The Bertz CT molecular complexity index is 914. The fraction of sp³-hybridized carbons (Fsp3) is 0.333. The predicted octanol–water partition coefficient (Wildman–Crippen LogP) is 3.72. The van der Waals surface area contributed by atoms with Gasteiger partial charge in [0.05, 0.1) is 24.4 Å². The van der Waals surface area contributed by atoms with Crippen molar-refractivity contribution in [1.29, 1.82) is 0 Å². The molecule has 162 valence electrons. The molecule has 0 saturated heterocycles. The lowest BCUT2D eigenvalue weighted by Gasteiger charge is -2.15. The summed E-state index contributed by atoms with van der Waals surface area (Å²) in [6.07, 6.45) is -4.58. The van der Waals surface area contributed by atoms with Crippen LogP contribution < -0.4 is 15.4 Å². The summed E-state index contributed by atoms with van der Waals surface area (Å²) in [6, 6.07) is 7.88. The molecule has 30 heavy (non-hydrogen) atoms. The van der Waals surface area contributed by atoms with Crippen molar-refractivity contribution >= 4 is 17.5 Å². The number of ether oxygens (including phenoxy) is 2. The number of amides is 2.